The highest BCUT2D eigenvalue weighted by Gasteiger charge is 2.31. The summed E-state index contributed by atoms with van der Waals surface area (Å²) in [6.45, 7) is 2.08. The monoisotopic (exact) mass is 345 g/mol. The van der Waals surface area contributed by atoms with Gasteiger partial charge in [-0.1, -0.05) is 18.2 Å². The summed E-state index contributed by atoms with van der Waals surface area (Å²) in [4.78, 5) is 18.8. The molecule has 0 fully saturated rings. The molecule has 6 nitrogen and oxygen atoms in total. The van der Waals surface area contributed by atoms with Crippen molar-refractivity contribution in [2.45, 2.75) is 25.9 Å². The quantitative estimate of drug-likeness (QED) is 0.915. The molecule has 0 saturated carbocycles. The molecule has 0 bridgehead atoms. The summed E-state index contributed by atoms with van der Waals surface area (Å²) in [5, 5.41) is 0. The molecule has 1 aliphatic rings. The van der Waals surface area contributed by atoms with Crippen LogP contribution < -0.4 is 9.62 Å². The van der Waals surface area contributed by atoms with Crippen LogP contribution in [0.25, 0.3) is 0 Å². The topological polar surface area (TPSA) is 79.4 Å². The maximum Gasteiger partial charge on any atom is 0.258 e. The largest absolute Gasteiger partial charge is 0.305 e. The Balaban J connectivity index is 1.86. The van der Waals surface area contributed by atoms with Gasteiger partial charge >= 0.3 is 0 Å². The molecule has 1 aliphatic heterocycles. The SMILES string of the molecule is CC1Cc2ccccc2N1C(=O)c1ccnc(CNS(C)(=O)=O)c1. The van der Waals surface area contributed by atoms with E-state index in [1.807, 2.05) is 31.2 Å². The Bertz CT molecular complexity index is 880. The van der Waals surface area contributed by atoms with Gasteiger partial charge in [0.25, 0.3) is 5.91 Å². The number of anilines is 1. The molecule has 1 atom stereocenters. The van der Waals surface area contributed by atoms with Crippen molar-refractivity contribution in [3.63, 3.8) is 0 Å². The maximum atomic E-state index is 12.9. The van der Waals surface area contributed by atoms with Crippen LogP contribution in [0.15, 0.2) is 42.6 Å². The number of benzene rings is 1. The van der Waals surface area contributed by atoms with Gasteiger partial charge in [-0.15, -0.1) is 0 Å². The summed E-state index contributed by atoms with van der Waals surface area (Å²) in [5.41, 5.74) is 3.10. The van der Waals surface area contributed by atoms with E-state index in [1.165, 1.54) is 6.20 Å². The zero-order chi connectivity index (χ0) is 17.3. The summed E-state index contributed by atoms with van der Waals surface area (Å²) in [6, 6.07) is 11.2. The number of pyridine rings is 1. The Kier molecular flexibility index (Phi) is 4.38. The second-order valence-corrected chi connectivity index (χ2v) is 7.82. The fourth-order valence-electron chi connectivity index (χ4n) is 2.93. The van der Waals surface area contributed by atoms with Crippen molar-refractivity contribution in [3.05, 3.63) is 59.4 Å². The number of carbonyl (C=O) groups excluding carboxylic acids is 1. The van der Waals surface area contributed by atoms with Crippen molar-refractivity contribution in [1.82, 2.24) is 9.71 Å². The first-order valence-corrected chi connectivity index (χ1v) is 9.55. The van der Waals surface area contributed by atoms with Crippen LogP contribution in [-0.2, 0) is 23.0 Å². The molecule has 1 amide bonds. The van der Waals surface area contributed by atoms with Gasteiger partial charge in [-0.2, -0.15) is 0 Å². The van der Waals surface area contributed by atoms with Gasteiger partial charge in [0.2, 0.25) is 10.0 Å². The molecule has 1 aromatic heterocycles. The van der Waals surface area contributed by atoms with Crippen molar-refractivity contribution in [2.75, 3.05) is 11.2 Å². The van der Waals surface area contributed by atoms with E-state index in [-0.39, 0.29) is 18.5 Å². The Morgan fingerprint density at radius 2 is 2.08 bits per heavy atom. The van der Waals surface area contributed by atoms with E-state index in [0.717, 1.165) is 23.9 Å². The second kappa shape index (κ2) is 6.33. The molecule has 7 heteroatoms. The molecular formula is C17H19N3O3S. The standard InChI is InChI=1S/C17H19N3O3S/c1-12-9-13-5-3-4-6-16(13)20(12)17(21)14-7-8-18-15(10-14)11-19-24(2,22)23/h3-8,10,12,19H,9,11H2,1-2H3. The van der Waals surface area contributed by atoms with Crippen molar-refractivity contribution in [1.29, 1.82) is 0 Å². The van der Waals surface area contributed by atoms with Crippen molar-refractivity contribution in [2.24, 2.45) is 0 Å². The molecule has 1 aromatic carbocycles. The fraction of sp³-hybridized carbons (Fsp3) is 0.294. The minimum atomic E-state index is -3.31. The zero-order valence-corrected chi connectivity index (χ0v) is 14.4. The lowest BCUT2D eigenvalue weighted by molar-refractivity contribution is 0.0981. The smallest absolute Gasteiger partial charge is 0.258 e. The van der Waals surface area contributed by atoms with E-state index in [4.69, 9.17) is 0 Å². The molecular weight excluding hydrogens is 326 g/mol. The third-order valence-electron chi connectivity index (χ3n) is 4.01. The van der Waals surface area contributed by atoms with Crippen LogP contribution >= 0.6 is 0 Å². The van der Waals surface area contributed by atoms with Gasteiger partial charge in [0.05, 0.1) is 18.5 Å². The molecule has 3 rings (SSSR count). The summed E-state index contributed by atoms with van der Waals surface area (Å²) < 4.78 is 24.8. The van der Waals surface area contributed by atoms with Crippen molar-refractivity contribution in [3.8, 4) is 0 Å². The number of carbonyl (C=O) groups is 1. The number of fused-ring (bicyclic) bond motifs is 1. The van der Waals surface area contributed by atoms with Crippen LogP contribution in [0.4, 0.5) is 5.69 Å². The van der Waals surface area contributed by atoms with Crippen molar-refractivity contribution < 1.29 is 13.2 Å². The van der Waals surface area contributed by atoms with Crippen molar-refractivity contribution >= 4 is 21.6 Å². The summed E-state index contributed by atoms with van der Waals surface area (Å²) >= 11 is 0. The van der Waals surface area contributed by atoms with E-state index in [0.29, 0.717) is 11.3 Å². The number of nitrogens with zero attached hydrogens (tertiary/aromatic N) is 2. The average molecular weight is 345 g/mol. The highest BCUT2D eigenvalue weighted by molar-refractivity contribution is 7.88. The number of para-hydroxylation sites is 1. The minimum absolute atomic E-state index is 0.0616. The normalized spacial score (nSPS) is 16.9. The van der Waals surface area contributed by atoms with E-state index < -0.39 is 10.0 Å². The molecule has 0 aliphatic carbocycles. The lowest BCUT2D eigenvalue weighted by Gasteiger charge is -2.23. The van der Waals surface area contributed by atoms with E-state index in [2.05, 4.69) is 9.71 Å². The lowest BCUT2D eigenvalue weighted by Crippen LogP contribution is -2.35. The van der Waals surface area contributed by atoms with Gasteiger partial charge in [0, 0.05) is 23.5 Å². The number of rotatable bonds is 4. The number of aromatic nitrogens is 1. The van der Waals surface area contributed by atoms with Crippen LogP contribution in [0.2, 0.25) is 0 Å². The number of nitrogens with one attached hydrogen (secondary N) is 1. The van der Waals surface area contributed by atoms with Crippen LogP contribution in [0, 0.1) is 0 Å². The number of hydrogen-bond acceptors (Lipinski definition) is 4. The molecule has 0 radical (unpaired) electrons. The van der Waals surface area contributed by atoms with Gasteiger partial charge in [-0.25, -0.2) is 13.1 Å². The third-order valence-corrected chi connectivity index (χ3v) is 4.67. The van der Waals surface area contributed by atoms with E-state index in [9.17, 15) is 13.2 Å². The van der Waals surface area contributed by atoms with E-state index >= 15 is 0 Å². The Hall–Kier alpha value is -2.25. The molecule has 0 saturated heterocycles. The molecule has 2 aromatic rings. The second-order valence-electron chi connectivity index (χ2n) is 5.99. The number of hydrogen-bond donors (Lipinski definition) is 1. The van der Waals surface area contributed by atoms with Crippen LogP contribution in [0.3, 0.4) is 0 Å². The minimum Gasteiger partial charge on any atom is -0.305 e. The Morgan fingerprint density at radius 1 is 1.33 bits per heavy atom. The van der Waals surface area contributed by atoms with Crippen LogP contribution in [0.1, 0.15) is 28.5 Å². The Labute approximate surface area is 141 Å². The Morgan fingerprint density at radius 3 is 2.83 bits per heavy atom. The number of amides is 1. The maximum absolute atomic E-state index is 12.9. The van der Waals surface area contributed by atoms with Gasteiger partial charge in [0.15, 0.2) is 0 Å². The molecule has 1 N–H and O–H groups in total. The summed E-state index contributed by atoms with van der Waals surface area (Å²) in [6.07, 6.45) is 3.44. The summed E-state index contributed by atoms with van der Waals surface area (Å²) in [5.74, 6) is -0.101. The predicted molar refractivity (Wildman–Crippen MR) is 92.3 cm³/mol. The first-order valence-electron chi connectivity index (χ1n) is 7.66. The molecule has 24 heavy (non-hydrogen) atoms. The predicted octanol–water partition coefficient (Wildman–Crippen LogP) is 1.72. The van der Waals surface area contributed by atoms with Gasteiger partial charge in [0.1, 0.15) is 0 Å². The highest BCUT2D eigenvalue weighted by atomic mass is 32.2. The fourth-order valence-corrected chi connectivity index (χ4v) is 3.34. The van der Waals surface area contributed by atoms with Crippen LogP contribution in [-0.4, -0.2) is 31.6 Å². The number of sulfonamides is 1. The molecule has 2 heterocycles. The van der Waals surface area contributed by atoms with Gasteiger partial charge < -0.3 is 4.90 Å². The van der Waals surface area contributed by atoms with E-state index in [1.54, 1.807) is 17.0 Å². The van der Waals surface area contributed by atoms with Gasteiger partial charge in [-0.05, 0) is 37.1 Å². The lowest BCUT2D eigenvalue weighted by atomic mass is 10.1. The van der Waals surface area contributed by atoms with Crippen LogP contribution in [0.5, 0.6) is 0 Å². The molecule has 0 spiro atoms. The zero-order valence-electron chi connectivity index (χ0n) is 13.6. The third kappa shape index (κ3) is 3.47. The van der Waals surface area contributed by atoms with Gasteiger partial charge in [-0.3, -0.25) is 9.78 Å². The molecule has 1 unspecified atom stereocenters. The summed E-state index contributed by atoms with van der Waals surface area (Å²) in [7, 11) is -3.31. The average Bonchev–Trinajstić information content (AvgIpc) is 2.87. The first-order chi connectivity index (χ1) is 11.3. The first kappa shape index (κ1) is 16.6. The molecule has 126 valence electrons. The highest BCUT2D eigenvalue weighted by Crippen LogP contribution is 2.33.